The van der Waals surface area contributed by atoms with Gasteiger partial charge in [0.05, 0.1) is 17.2 Å². The van der Waals surface area contributed by atoms with Crippen molar-refractivity contribution in [2.75, 3.05) is 39.3 Å². The van der Waals surface area contributed by atoms with Crippen molar-refractivity contribution in [1.29, 1.82) is 5.26 Å². The van der Waals surface area contributed by atoms with Crippen LogP contribution in [0.4, 0.5) is 4.79 Å². The lowest BCUT2D eigenvalue weighted by atomic mass is 9.71. The molecule has 2 heterocycles. The third-order valence-electron chi connectivity index (χ3n) is 6.04. The Morgan fingerprint density at radius 3 is 2.32 bits per heavy atom. The lowest BCUT2D eigenvalue weighted by Gasteiger charge is -2.54. The van der Waals surface area contributed by atoms with Gasteiger partial charge in [0.25, 0.3) is 0 Å². The largest absolute Gasteiger partial charge is 0.491 e. The molecule has 2 saturated heterocycles. The second-order valence-electron chi connectivity index (χ2n) is 9.82. The molecule has 2 unspecified atom stereocenters. The molecule has 31 heavy (non-hydrogen) atoms. The molecular weight excluding hydrogens is 398 g/mol. The minimum absolute atomic E-state index is 0.126. The predicted octanol–water partition coefficient (Wildman–Crippen LogP) is 1.85. The lowest BCUT2D eigenvalue weighted by molar-refractivity contribution is -0.148. The number of carbonyl (C=O) groups excluding carboxylic acids is 1. The molecule has 0 spiro atoms. The summed E-state index contributed by atoms with van der Waals surface area (Å²) in [4.78, 5) is 16.3. The number of ether oxygens (including phenoxy) is 2. The molecule has 2 aliphatic rings. The van der Waals surface area contributed by atoms with Gasteiger partial charge in [0, 0.05) is 44.6 Å². The molecule has 0 aliphatic carbocycles. The van der Waals surface area contributed by atoms with Crippen molar-refractivity contribution in [3.63, 3.8) is 0 Å². The first kappa shape index (κ1) is 23.3. The van der Waals surface area contributed by atoms with Crippen LogP contribution in [0.5, 0.6) is 5.75 Å². The van der Waals surface area contributed by atoms with Crippen LogP contribution in [0.15, 0.2) is 24.3 Å². The smallest absolute Gasteiger partial charge is 0.410 e. The fourth-order valence-electron chi connectivity index (χ4n) is 4.29. The van der Waals surface area contributed by atoms with Crippen LogP contribution in [0, 0.1) is 23.2 Å². The highest BCUT2D eigenvalue weighted by Gasteiger charge is 2.51. The number of likely N-dealkylation sites (tertiary alicyclic amines) is 2. The van der Waals surface area contributed by atoms with E-state index in [0.717, 1.165) is 0 Å². The highest BCUT2D eigenvalue weighted by Crippen LogP contribution is 2.38. The molecule has 1 aromatic rings. The predicted molar refractivity (Wildman–Crippen MR) is 115 cm³/mol. The lowest BCUT2D eigenvalue weighted by Crippen LogP contribution is -2.67. The average Bonchev–Trinajstić information content (AvgIpc) is 2.66. The van der Waals surface area contributed by atoms with Gasteiger partial charge in [-0.2, -0.15) is 5.26 Å². The summed E-state index contributed by atoms with van der Waals surface area (Å²) < 4.78 is 11.1. The van der Waals surface area contributed by atoms with Gasteiger partial charge in [-0.05, 0) is 52.0 Å². The highest BCUT2D eigenvalue weighted by atomic mass is 16.6. The number of piperidine rings is 2. The van der Waals surface area contributed by atoms with E-state index >= 15 is 0 Å². The summed E-state index contributed by atoms with van der Waals surface area (Å²) in [5.41, 5.74) is -0.865. The van der Waals surface area contributed by atoms with E-state index in [2.05, 4.69) is 11.0 Å². The summed E-state index contributed by atoms with van der Waals surface area (Å²) >= 11 is 0. The van der Waals surface area contributed by atoms with Crippen molar-refractivity contribution in [2.24, 2.45) is 11.8 Å². The second-order valence-corrected chi connectivity index (χ2v) is 9.82. The second kappa shape index (κ2) is 9.03. The summed E-state index contributed by atoms with van der Waals surface area (Å²) in [7, 11) is 0. The topological polar surface area (TPSA) is 106 Å². The maximum absolute atomic E-state index is 12.5. The molecule has 0 radical (unpaired) electrons. The van der Waals surface area contributed by atoms with Gasteiger partial charge in [-0.1, -0.05) is 0 Å². The first-order valence-corrected chi connectivity index (χ1v) is 10.7. The van der Waals surface area contributed by atoms with Gasteiger partial charge in [-0.3, -0.25) is 4.90 Å². The van der Waals surface area contributed by atoms with E-state index in [4.69, 9.17) is 14.7 Å². The zero-order valence-electron chi connectivity index (χ0n) is 18.7. The molecule has 8 nitrogen and oxygen atoms in total. The van der Waals surface area contributed by atoms with Gasteiger partial charge in [0.15, 0.2) is 0 Å². The van der Waals surface area contributed by atoms with E-state index < -0.39 is 17.3 Å². The Balaban J connectivity index is 1.53. The Bertz CT molecular complexity index is 794. The standard InChI is InChI=1S/C23H33N3O5/c1-22(2,3)31-21(28)26-12-17-10-25(11-18(13-26)23(17,4)29)14-19(27)15-30-20-7-5-16(9-24)6-8-20/h5-8,17-19,27,29H,10-15H2,1-4H3/t17?,18?,19-,23?/m0/s1. The van der Waals surface area contributed by atoms with Crippen LogP contribution in [-0.2, 0) is 4.74 Å². The highest BCUT2D eigenvalue weighted by molar-refractivity contribution is 5.68. The zero-order valence-corrected chi connectivity index (χ0v) is 18.7. The molecular formula is C23H33N3O5. The number of amides is 1. The van der Waals surface area contributed by atoms with Crippen LogP contribution < -0.4 is 4.74 Å². The molecule has 1 amide bonds. The zero-order chi connectivity index (χ0) is 22.8. The summed E-state index contributed by atoms with van der Waals surface area (Å²) in [5, 5.41) is 30.3. The van der Waals surface area contributed by atoms with Crippen LogP contribution >= 0.6 is 0 Å². The van der Waals surface area contributed by atoms with E-state index in [-0.39, 0.29) is 24.5 Å². The number of aliphatic hydroxyl groups excluding tert-OH is 1. The van der Waals surface area contributed by atoms with Gasteiger partial charge < -0.3 is 24.6 Å². The molecule has 2 N–H and O–H groups in total. The van der Waals surface area contributed by atoms with Crippen molar-refractivity contribution < 1.29 is 24.5 Å². The summed E-state index contributed by atoms with van der Waals surface area (Å²) in [6.07, 6.45) is -1.04. The number of hydrogen-bond acceptors (Lipinski definition) is 7. The maximum atomic E-state index is 12.5. The number of fused-ring (bicyclic) bond motifs is 2. The quantitative estimate of drug-likeness (QED) is 0.733. The van der Waals surface area contributed by atoms with Crippen molar-refractivity contribution in [3.05, 3.63) is 29.8 Å². The van der Waals surface area contributed by atoms with Crippen molar-refractivity contribution >= 4 is 6.09 Å². The molecule has 2 fully saturated rings. The molecule has 1 aromatic carbocycles. The summed E-state index contributed by atoms with van der Waals surface area (Å²) in [6.45, 7) is 9.94. The molecule has 170 valence electrons. The number of benzene rings is 1. The van der Waals surface area contributed by atoms with Gasteiger partial charge in [-0.15, -0.1) is 0 Å². The normalized spacial score (nSPS) is 27.3. The van der Waals surface area contributed by atoms with E-state index in [1.807, 2.05) is 27.7 Å². The Hall–Kier alpha value is -2.34. The molecule has 3 rings (SSSR count). The Labute approximate surface area is 184 Å². The van der Waals surface area contributed by atoms with Gasteiger partial charge in [-0.25, -0.2) is 4.79 Å². The van der Waals surface area contributed by atoms with E-state index in [0.29, 0.717) is 44.0 Å². The Morgan fingerprint density at radius 1 is 1.23 bits per heavy atom. The molecule has 2 bridgehead atoms. The van der Waals surface area contributed by atoms with Crippen LogP contribution in [0.25, 0.3) is 0 Å². The van der Waals surface area contributed by atoms with Gasteiger partial charge in [0.1, 0.15) is 24.1 Å². The summed E-state index contributed by atoms with van der Waals surface area (Å²) in [5.74, 6) is 0.350. The van der Waals surface area contributed by atoms with Crippen LogP contribution in [0.1, 0.15) is 33.3 Å². The number of nitriles is 1. The molecule has 2 aliphatic heterocycles. The third kappa shape index (κ3) is 5.88. The van der Waals surface area contributed by atoms with Crippen molar-refractivity contribution in [2.45, 2.75) is 45.0 Å². The first-order chi connectivity index (χ1) is 14.5. The van der Waals surface area contributed by atoms with Gasteiger partial charge in [0.2, 0.25) is 0 Å². The van der Waals surface area contributed by atoms with E-state index in [1.54, 1.807) is 29.2 Å². The average molecular weight is 432 g/mol. The number of hydrogen-bond donors (Lipinski definition) is 2. The molecule has 8 heteroatoms. The van der Waals surface area contributed by atoms with Crippen LogP contribution in [-0.4, -0.2) is 82.7 Å². The fourth-order valence-corrected chi connectivity index (χ4v) is 4.29. The number of aliphatic hydroxyl groups is 2. The first-order valence-electron chi connectivity index (χ1n) is 10.7. The number of nitrogens with zero attached hydrogens (tertiary/aromatic N) is 3. The maximum Gasteiger partial charge on any atom is 0.410 e. The van der Waals surface area contributed by atoms with Crippen LogP contribution in [0.2, 0.25) is 0 Å². The third-order valence-corrected chi connectivity index (χ3v) is 6.04. The Morgan fingerprint density at radius 2 is 1.81 bits per heavy atom. The molecule has 0 saturated carbocycles. The number of rotatable bonds is 5. The number of carbonyl (C=O) groups is 1. The molecule has 3 atom stereocenters. The minimum atomic E-state index is -0.862. The SMILES string of the molecule is CC(C)(C)OC(=O)N1CC2CN(C[C@H](O)COc3ccc(C#N)cc3)CC(C1)C2(C)O. The van der Waals surface area contributed by atoms with Gasteiger partial charge >= 0.3 is 6.09 Å². The van der Waals surface area contributed by atoms with Crippen molar-refractivity contribution in [3.8, 4) is 11.8 Å². The van der Waals surface area contributed by atoms with Crippen LogP contribution in [0.3, 0.4) is 0 Å². The molecule has 0 aromatic heterocycles. The fraction of sp³-hybridized carbons (Fsp3) is 0.652. The minimum Gasteiger partial charge on any atom is -0.491 e. The monoisotopic (exact) mass is 431 g/mol. The Kier molecular flexibility index (Phi) is 6.79. The van der Waals surface area contributed by atoms with Crippen molar-refractivity contribution in [1.82, 2.24) is 9.80 Å². The number of β-amino-alcohol motifs (C(OH)–C–C–N with tert-alkyl or cyclic N) is 1. The van der Waals surface area contributed by atoms with E-state index in [9.17, 15) is 15.0 Å². The van der Waals surface area contributed by atoms with E-state index in [1.165, 1.54) is 0 Å². The summed E-state index contributed by atoms with van der Waals surface area (Å²) in [6, 6.07) is 8.82.